The summed E-state index contributed by atoms with van der Waals surface area (Å²) in [7, 11) is 0. The van der Waals surface area contributed by atoms with Gasteiger partial charge in [0, 0.05) is 5.56 Å². The van der Waals surface area contributed by atoms with Crippen LogP contribution in [-0.2, 0) is 9.59 Å². The predicted molar refractivity (Wildman–Crippen MR) is 68.6 cm³/mol. The van der Waals surface area contributed by atoms with E-state index in [1.54, 1.807) is 32.0 Å². The average molecular weight is 264 g/mol. The predicted octanol–water partition coefficient (Wildman–Crippen LogP) is 0.362. The smallest absolute Gasteiger partial charge is 0.326 e. The van der Waals surface area contributed by atoms with Gasteiger partial charge >= 0.3 is 5.97 Å². The molecule has 0 aliphatic rings. The zero-order chi connectivity index (χ0) is 14.6. The maximum atomic E-state index is 12.1. The first kappa shape index (κ1) is 14.7. The number of aliphatic carboxylic acids is 1. The molecule has 0 saturated heterocycles. The van der Waals surface area contributed by atoms with Gasteiger partial charge < -0.3 is 16.2 Å². The number of hydrogen-bond acceptors (Lipinski definition) is 3. The molecule has 0 aromatic heterocycles. The molecule has 2 amide bonds. The van der Waals surface area contributed by atoms with Crippen LogP contribution in [0, 0.1) is 13.8 Å². The van der Waals surface area contributed by atoms with Gasteiger partial charge in [-0.05, 0) is 25.0 Å². The summed E-state index contributed by atoms with van der Waals surface area (Å²) in [6, 6.07) is 4.00. The first-order valence-corrected chi connectivity index (χ1v) is 5.71. The number of primary amides is 1. The fraction of sp³-hybridized carbons (Fsp3) is 0.308. The van der Waals surface area contributed by atoms with Crippen LogP contribution in [0.3, 0.4) is 0 Å². The lowest BCUT2D eigenvalue weighted by molar-refractivity contribution is -0.140. The van der Waals surface area contributed by atoms with E-state index in [0.717, 1.165) is 11.1 Å². The van der Waals surface area contributed by atoms with Crippen molar-refractivity contribution in [3.63, 3.8) is 0 Å². The van der Waals surface area contributed by atoms with E-state index in [9.17, 15) is 14.4 Å². The molecule has 1 atom stereocenters. The van der Waals surface area contributed by atoms with Crippen molar-refractivity contribution in [1.82, 2.24) is 5.32 Å². The Bertz CT molecular complexity index is 505. The molecule has 19 heavy (non-hydrogen) atoms. The third-order valence-electron chi connectivity index (χ3n) is 2.72. The fourth-order valence-corrected chi connectivity index (χ4v) is 1.80. The molecule has 4 N–H and O–H groups in total. The number of amides is 2. The molecule has 1 aromatic carbocycles. The largest absolute Gasteiger partial charge is 0.480 e. The zero-order valence-corrected chi connectivity index (χ0v) is 10.8. The molecular formula is C13H16N2O4. The van der Waals surface area contributed by atoms with Crippen LogP contribution in [0.25, 0.3) is 0 Å². The van der Waals surface area contributed by atoms with Crippen molar-refractivity contribution in [2.45, 2.75) is 26.3 Å². The minimum atomic E-state index is -1.32. The minimum absolute atomic E-state index is 0.415. The van der Waals surface area contributed by atoms with Crippen LogP contribution in [0.5, 0.6) is 0 Å². The van der Waals surface area contributed by atoms with Crippen LogP contribution in [0.1, 0.15) is 27.9 Å². The van der Waals surface area contributed by atoms with Gasteiger partial charge in [-0.3, -0.25) is 9.59 Å². The third-order valence-corrected chi connectivity index (χ3v) is 2.72. The Hall–Kier alpha value is -2.37. The number of carboxylic acids is 1. The Kier molecular flexibility index (Phi) is 4.63. The molecule has 0 bridgehead atoms. The second-order valence-corrected chi connectivity index (χ2v) is 4.30. The van der Waals surface area contributed by atoms with Gasteiger partial charge in [-0.25, -0.2) is 4.79 Å². The van der Waals surface area contributed by atoms with E-state index < -0.39 is 30.2 Å². The molecule has 0 spiro atoms. The first-order valence-electron chi connectivity index (χ1n) is 5.71. The second kappa shape index (κ2) is 5.99. The standard InChI is InChI=1S/C13H16N2O4/c1-7-4-3-5-8(2)11(7)12(17)15-9(13(18)19)6-10(14)16/h3-5,9H,6H2,1-2H3,(H2,14,16)(H,15,17)(H,18,19). The van der Waals surface area contributed by atoms with Crippen molar-refractivity contribution in [2.24, 2.45) is 5.73 Å². The number of hydrogen-bond donors (Lipinski definition) is 3. The van der Waals surface area contributed by atoms with E-state index in [1.807, 2.05) is 0 Å². The van der Waals surface area contributed by atoms with Crippen LogP contribution < -0.4 is 11.1 Å². The number of benzene rings is 1. The molecule has 1 rings (SSSR count). The van der Waals surface area contributed by atoms with E-state index in [1.165, 1.54) is 0 Å². The SMILES string of the molecule is Cc1cccc(C)c1C(=O)NC(CC(N)=O)C(=O)O. The number of carbonyl (C=O) groups is 3. The Morgan fingerprint density at radius 2 is 1.79 bits per heavy atom. The molecule has 0 saturated carbocycles. The summed E-state index contributed by atoms with van der Waals surface area (Å²) < 4.78 is 0. The lowest BCUT2D eigenvalue weighted by Crippen LogP contribution is -2.43. The van der Waals surface area contributed by atoms with Crippen molar-refractivity contribution in [3.05, 3.63) is 34.9 Å². The highest BCUT2D eigenvalue weighted by Gasteiger charge is 2.23. The van der Waals surface area contributed by atoms with Crippen molar-refractivity contribution < 1.29 is 19.5 Å². The second-order valence-electron chi connectivity index (χ2n) is 4.30. The molecule has 1 unspecified atom stereocenters. The van der Waals surface area contributed by atoms with Gasteiger partial charge in [-0.15, -0.1) is 0 Å². The molecule has 0 heterocycles. The number of carboxylic acid groups (broad SMARTS) is 1. The molecule has 102 valence electrons. The number of carbonyl (C=O) groups excluding carboxylic acids is 2. The van der Waals surface area contributed by atoms with Crippen LogP contribution >= 0.6 is 0 Å². The molecule has 0 aliphatic carbocycles. The number of nitrogens with two attached hydrogens (primary N) is 1. The van der Waals surface area contributed by atoms with E-state index in [2.05, 4.69) is 5.32 Å². The summed E-state index contributed by atoms with van der Waals surface area (Å²) in [5.74, 6) is -2.60. The van der Waals surface area contributed by atoms with Gasteiger partial charge in [-0.1, -0.05) is 18.2 Å². The van der Waals surface area contributed by atoms with Gasteiger partial charge in [-0.2, -0.15) is 0 Å². The molecule has 0 aliphatic heterocycles. The summed E-state index contributed by atoms with van der Waals surface area (Å²) in [4.78, 5) is 33.8. The molecule has 6 nitrogen and oxygen atoms in total. The summed E-state index contributed by atoms with van der Waals surface area (Å²) >= 11 is 0. The van der Waals surface area contributed by atoms with Gasteiger partial charge in [0.05, 0.1) is 6.42 Å². The van der Waals surface area contributed by atoms with Gasteiger partial charge in [0.15, 0.2) is 0 Å². The molecule has 0 radical (unpaired) electrons. The summed E-state index contributed by atoms with van der Waals surface area (Å²) in [5, 5.41) is 11.2. The van der Waals surface area contributed by atoms with Crippen LogP contribution in [0.2, 0.25) is 0 Å². The molecular weight excluding hydrogens is 248 g/mol. The van der Waals surface area contributed by atoms with E-state index in [4.69, 9.17) is 10.8 Å². The normalized spacial score (nSPS) is 11.7. The van der Waals surface area contributed by atoms with Crippen molar-refractivity contribution in [2.75, 3.05) is 0 Å². The summed E-state index contributed by atoms with van der Waals surface area (Å²) in [6.07, 6.45) is -0.438. The monoisotopic (exact) mass is 264 g/mol. The van der Waals surface area contributed by atoms with Crippen molar-refractivity contribution >= 4 is 17.8 Å². The van der Waals surface area contributed by atoms with E-state index in [0.29, 0.717) is 5.56 Å². The average Bonchev–Trinajstić information content (AvgIpc) is 2.27. The highest BCUT2D eigenvalue weighted by atomic mass is 16.4. The highest BCUT2D eigenvalue weighted by molar-refractivity contribution is 5.99. The lowest BCUT2D eigenvalue weighted by Gasteiger charge is -2.15. The van der Waals surface area contributed by atoms with Crippen LogP contribution in [-0.4, -0.2) is 28.9 Å². The van der Waals surface area contributed by atoms with Crippen molar-refractivity contribution in [3.8, 4) is 0 Å². The first-order chi connectivity index (χ1) is 8.82. The van der Waals surface area contributed by atoms with Crippen LogP contribution in [0.4, 0.5) is 0 Å². The van der Waals surface area contributed by atoms with Crippen molar-refractivity contribution in [1.29, 1.82) is 0 Å². The fourth-order valence-electron chi connectivity index (χ4n) is 1.80. The van der Waals surface area contributed by atoms with E-state index >= 15 is 0 Å². The summed E-state index contributed by atoms with van der Waals surface area (Å²) in [6.45, 7) is 3.51. The topological polar surface area (TPSA) is 109 Å². The Balaban J connectivity index is 2.94. The minimum Gasteiger partial charge on any atom is -0.480 e. The van der Waals surface area contributed by atoms with E-state index in [-0.39, 0.29) is 0 Å². The Morgan fingerprint density at radius 3 is 2.21 bits per heavy atom. The molecule has 0 fully saturated rings. The summed E-state index contributed by atoms with van der Waals surface area (Å²) in [5.41, 5.74) is 6.84. The van der Waals surface area contributed by atoms with Gasteiger partial charge in [0.25, 0.3) is 5.91 Å². The maximum Gasteiger partial charge on any atom is 0.326 e. The number of nitrogens with one attached hydrogen (secondary N) is 1. The third kappa shape index (κ3) is 3.80. The Morgan fingerprint density at radius 1 is 1.26 bits per heavy atom. The quantitative estimate of drug-likeness (QED) is 0.713. The molecule has 6 heteroatoms. The number of rotatable bonds is 5. The van der Waals surface area contributed by atoms with Gasteiger partial charge in [0.1, 0.15) is 6.04 Å². The lowest BCUT2D eigenvalue weighted by atomic mass is 10.0. The Labute approximate surface area is 110 Å². The zero-order valence-electron chi connectivity index (χ0n) is 10.8. The van der Waals surface area contributed by atoms with Gasteiger partial charge in [0.2, 0.25) is 5.91 Å². The molecule has 1 aromatic rings. The number of aryl methyl sites for hydroxylation is 2. The van der Waals surface area contributed by atoms with Crippen LogP contribution in [0.15, 0.2) is 18.2 Å². The maximum absolute atomic E-state index is 12.1. The highest BCUT2D eigenvalue weighted by Crippen LogP contribution is 2.13.